The minimum atomic E-state index is 0.668. The number of rotatable bonds is 5. The van der Waals surface area contributed by atoms with Crippen molar-refractivity contribution in [2.45, 2.75) is 26.3 Å². The Labute approximate surface area is 132 Å². The van der Waals surface area contributed by atoms with E-state index in [9.17, 15) is 0 Å². The first-order valence-corrected chi connectivity index (χ1v) is 8.11. The highest BCUT2D eigenvalue weighted by molar-refractivity contribution is 5.26. The predicted octanol–water partition coefficient (Wildman–Crippen LogP) is 3.68. The van der Waals surface area contributed by atoms with Gasteiger partial charge in [0.1, 0.15) is 5.75 Å². The Hall–Kier alpha value is -1.87. The van der Waals surface area contributed by atoms with E-state index >= 15 is 0 Å². The van der Waals surface area contributed by atoms with Crippen LogP contribution in [0.15, 0.2) is 48.7 Å². The lowest BCUT2D eigenvalue weighted by Crippen LogP contribution is -2.35. The first kappa shape index (κ1) is 15.0. The van der Waals surface area contributed by atoms with E-state index in [4.69, 9.17) is 4.74 Å². The van der Waals surface area contributed by atoms with Crippen LogP contribution in [0.3, 0.4) is 0 Å². The van der Waals surface area contributed by atoms with Gasteiger partial charge >= 0.3 is 0 Å². The third-order valence-corrected chi connectivity index (χ3v) is 4.33. The molecule has 1 saturated heterocycles. The molecule has 0 aliphatic carbocycles. The van der Waals surface area contributed by atoms with Crippen LogP contribution >= 0.6 is 0 Å². The summed E-state index contributed by atoms with van der Waals surface area (Å²) in [6.45, 7) is 6.17. The Morgan fingerprint density at radius 1 is 1.09 bits per heavy atom. The maximum absolute atomic E-state index is 5.92. The van der Waals surface area contributed by atoms with Crippen molar-refractivity contribution >= 4 is 0 Å². The van der Waals surface area contributed by atoms with E-state index in [1.807, 2.05) is 12.3 Å². The predicted molar refractivity (Wildman–Crippen MR) is 88.9 cm³/mol. The van der Waals surface area contributed by atoms with Crippen molar-refractivity contribution in [3.8, 4) is 5.75 Å². The summed E-state index contributed by atoms with van der Waals surface area (Å²) in [6.07, 6.45) is 4.29. The van der Waals surface area contributed by atoms with Gasteiger partial charge in [-0.15, -0.1) is 0 Å². The second kappa shape index (κ2) is 7.41. The van der Waals surface area contributed by atoms with E-state index in [0.717, 1.165) is 37.7 Å². The van der Waals surface area contributed by atoms with Gasteiger partial charge in [0, 0.05) is 12.7 Å². The highest BCUT2D eigenvalue weighted by atomic mass is 16.5. The van der Waals surface area contributed by atoms with Gasteiger partial charge < -0.3 is 4.74 Å². The topological polar surface area (TPSA) is 25.4 Å². The van der Waals surface area contributed by atoms with Crippen LogP contribution in [0.4, 0.5) is 0 Å². The second-order valence-corrected chi connectivity index (χ2v) is 6.16. The number of hydrogen-bond acceptors (Lipinski definition) is 3. The lowest BCUT2D eigenvalue weighted by Gasteiger charge is -2.31. The maximum atomic E-state index is 5.92. The molecule has 0 amide bonds. The molecule has 0 N–H and O–H groups in total. The summed E-state index contributed by atoms with van der Waals surface area (Å²) in [6, 6.07) is 14.5. The van der Waals surface area contributed by atoms with Crippen LogP contribution in [0, 0.1) is 12.8 Å². The fourth-order valence-electron chi connectivity index (χ4n) is 2.88. The van der Waals surface area contributed by atoms with Crippen LogP contribution in [0.5, 0.6) is 5.75 Å². The van der Waals surface area contributed by atoms with Crippen LogP contribution in [0.1, 0.15) is 24.1 Å². The smallest absolute Gasteiger partial charge is 0.119 e. The van der Waals surface area contributed by atoms with Crippen molar-refractivity contribution in [1.82, 2.24) is 9.88 Å². The molecule has 0 saturated carbocycles. The van der Waals surface area contributed by atoms with Crippen LogP contribution in [0.2, 0.25) is 0 Å². The molecular weight excluding hydrogens is 272 g/mol. The number of piperidine rings is 1. The van der Waals surface area contributed by atoms with E-state index in [2.05, 4.69) is 53.2 Å². The van der Waals surface area contributed by atoms with E-state index < -0.39 is 0 Å². The molecule has 1 aliphatic rings. The Morgan fingerprint density at radius 3 is 2.55 bits per heavy atom. The van der Waals surface area contributed by atoms with Crippen molar-refractivity contribution < 1.29 is 4.74 Å². The summed E-state index contributed by atoms with van der Waals surface area (Å²) in [5, 5.41) is 0. The minimum absolute atomic E-state index is 0.668. The number of aryl methyl sites for hydroxylation is 1. The van der Waals surface area contributed by atoms with Gasteiger partial charge in [-0.1, -0.05) is 23.8 Å². The fourth-order valence-corrected chi connectivity index (χ4v) is 2.88. The molecule has 2 heterocycles. The van der Waals surface area contributed by atoms with Crippen LogP contribution < -0.4 is 4.74 Å². The molecule has 3 rings (SSSR count). The molecule has 22 heavy (non-hydrogen) atoms. The quantitative estimate of drug-likeness (QED) is 0.841. The standard InChI is InChI=1S/C19H24N2O/c1-16-5-7-19(8-6-16)22-15-17-9-12-21(13-10-17)14-18-4-2-3-11-20-18/h2-8,11,17H,9-10,12-15H2,1H3. The zero-order valence-corrected chi connectivity index (χ0v) is 13.2. The van der Waals surface area contributed by atoms with Gasteiger partial charge in [0.25, 0.3) is 0 Å². The summed E-state index contributed by atoms with van der Waals surface area (Å²) >= 11 is 0. The SMILES string of the molecule is Cc1ccc(OCC2CCN(Cc3ccccn3)CC2)cc1. The molecule has 116 valence electrons. The molecule has 0 bridgehead atoms. The van der Waals surface area contributed by atoms with Gasteiger partial charge in [-0.25, -0.2) is 0 Å². The van der Waals surface area contributed by atoms with E-state index in [1.54, 1.807) is 0 Å². The molecule has 0 unspecified atom stereocenters. The Kier molecular flexibility index (Phi) is 5.07. The lowest BCUT2D eigenvalue weighted by atomic mass is 9.97. The summed E-state index contributed by atoms with van der Waals surface area (Å²) in [4.78, 5) is 6.90. The van der Waals surface area contributed by atoms with E-state index in [0.29, 0.717) is 5.92 Å². The molecule has 2 aromatic rings. The molecule has 1 aromatic heterocycles. The highest BCUT2D eigenvalue weighted by Gasteiger charge is 2.20. The van der Waals surface area contributed by atoms with E-state index in [-0.39, 0.29) is 0 Å². The molecular formula is C19H24N2O. The number of pyridine rings is 1. The molecule has 1 aromatic carbocycles. The number of nitrogens with zero attached hydrogens (tertiary/aromatic N) is 2. The number of likely N-dealkylation sites (tertiary alicyclic amines) is 1. The molecule has 3 nitrogen and oxygen atoms in total. The first-order chi connectivity index (χ1) is 10.8. The molecule has 0 radical (unpaired) electrons. The lowest BCUT2D eigenvalue weighted by molar-refractivity contribution is 0.136. The van der Waals surface area contributed by atoms with Crippen molar-refractivity contribution in [2.75, 3.05) is 19.7 Å². The van der Waals surface area contributed by atoms with Crippen molar-refractivity contribution in [3.05, 3.63) is 59.9 Å². The Bertz CT molecular complexity index is 560. The number of aromatic nitrogens is 1. The Morgan fingerprint density at radius 2 is 1.86 bits per heavy atom. The summed E-state index contributed by atoms with van der Waals surface area (Å²) in [5.74, 6) is 1.66. The third-order valence-electron chi connectivity index (χ3n) is 4.33. The zero-order valence-electron chi connectivity index (χ0n) is 13.2. The normalized spacial score (nSPS) is 16.6. The molecule has 1 aliphatic heterocycles. The van der Waals surface area contributed by atoms with Crippen molar-refractivity contribution in [3.63, 3.8) is 0 Å². The average Bonchev–Trinajstić information content (AvgIpc) is 2.57. The third kappa shape index (κ3) is 4.31. The van der Waals surface area contributed by atoms with Gasteiger partial charge in [-0.2, -0.15) is 0 Å². The van der Waals surface area contributed by atoms with Gasteiger partial charge in [0.2, 0.25) is 0 Å². The van der Waals surface area contributed by atoms with Gasteiger partial charge in [-0.05, 0) is 63.0 Å². The molecule has 1 fully saturated rings. The zero-order chi connectivity index (χ0) is 15.2. The first-order valence-electron chi connectivity index (χ1n) is 8.11. The van der Waals surface area contributed by atoms with Crippen LogP contribution in [-0.2, 0) is 6.54 Å². The van der Waals surface area contributed by atoms with Crippen LogP contribution in [0.25, 0.3) is 0 Å². The summed E-state index contributed by atoms with van der Waals surface area (Å²) in [7, 11) is 0. The van der Waals surface area contributed by atoms with Crippen LogP contribution in [-0.4, -0.2) is 29.6 Å². The Balaban J connectivity index is 1.41. The fraction of sp³-hybridized carbons (Fsp3) is 0.421. The monoisotopic (exact) mass is 296 g/mol. The second-order valence-electron chi connectivity index (χ2n) is 6.16. The maximum Gasteiger partial charge on any atom is 0.119 e. The molecule has 3 heteroatoms. The average molecular weight is 296 g/mol. The number of benzene rings is 1. The van der Waals surface area contributed by atoms with E-state index in [1.165, 1.54) is 18.4 Å². The number of ether oxygens (including phenoxy) is 1. The molecule has 0 atom stereocenters. The van der Waals surface area contributed by atoms with Gasteiger partial charge in [-0.3, -0.25) is 9.88 Å². The number of hydrogen-bond donors (Lipinski definition) is 0. The van der Waals surface area contributed by atoms with Gasteiger partial charge in [0.15, 0.2) is 0 Å². The summed E-state index contributed by atoms with van der Waals surface area (Å²) in [5.41, 5.74) is 2.44. The van der Waals surface area contributed by atoms with Gasteiger partial charge in [0.05, 0.1) is 12.3 Å². The minimum Gasteiger partial charge on any atom is -0.493 e. The van der Waals surface area contributed by atoms with Crippen molar-refractivity contribution in [2.24, 2.45) is 5.92 Å². The van der Waals surface area contributed by atoms with Crippen molar-refractivity contribution in [1.29, 1.82) is 0 Å². The molecule has 0 spiro atoms. The highest BCUT2D eigenvalue weighted by Crippen LogP contribution is 2.20. The largest absolute Gasteiger partial charge is 0.493 e. The summed E-state index contributed by atoms with van der Waals surface area (Å²) < 4.78 is 5.92.